The maximum Gasteiger partial charge on any atom is 0.124 e. The highest BCUT2D eigenvalue weighted by atomic mass is 16.5. The van der Waals surface area contributed by atoms with E-state index in [0.717, 1.165) is 16.9 Å². The second kappa shape index (κ2) is 6.40. The molecule has 2 rings (SSSR count). The molecule has 0 saturated heterocycles. The summed E-state index contributed by atoms with van der Waals surface area (Å²) >= 11 is 0. The number of benzene rings is 1. The molecule has 1 aliphatic rings. The Balaban J connectivity index is 2.08. The van der Waals surface area contributed by atoms with Crippen molar-refractivity contribution in [1.29, 1.82) is 0 Å². The zero-order valence-electron chi connectivity index (χ0n) is 12.1. The molecule has 106 valence electrons. The van der Waals surface area contributed by atoms with Crippen molar-refractivity contribution < 1.29 is 9.84 Å². The van der Waals surface area contributed by atoms with E-state index in [0.29, 0.717) is 6.04 Å². The van der Waals surface area contributed by atoms with Crippen LogP contribution in [-0.2, 0) is 0 Å². The molecule has 19 heavy (non-hydrogen) atoms. The lowest BCUT2D eigenvalue weighted by Crippen LogP contribution is -2.38. The Labute approximate surface area is 116 Å². The SMILES string of the molecule is COc1ccc(C)cc1C(O)C(C)NC1CCCC1. The van der Waals surface area contributed by atoms with Gasteiger partial charge in [0.15, 0.2) is 0 Å². The summed E-state index contributed by atoms with van der Waals surface area (Å²) in [6, 6.07) is 6.54. The zero-order chi connectivity index (χ0) is 13.8. The van der Waals surface area contributed by atoms with Crippen molar-refractivity contribution in [3.8, 4) is 5.75 Å². The monoisotopic (exact) mass is 263 g/mol. The first-order valence-corrected chi connectivity index (χ1v) is 7.20. The second-order valence-corrected chi connectivity index (χ2v) is 5.63. The number of nitrogens with one attached hydrogen (secondary N) is 1. The van der Waals surface area contributed by atoms with Crippen LogP contribution >= 0.6 is 0 Å². The molecule has 1 aromatic rings. The molecule has 2 unspecified atom stereocenters. The number of ether oxygens (including phenoxy) is 1. The van der Waals surface area contributed by atoms with E-state index in [1.807, 2.05) is 32.0 Å². The van der Waals surface area contributed by atoms with Gasteiger partial charge in [0, 0.05) is 17.6 Å². The first-order chi connectivity index (χ1) is 9.11. The van der Waals surface area contributed by atoms with Crippen LogP contribution in [0.2, 0.25) is 0 Å². The Morgan fingerprint density at radius 3 is 2.63 bits per heavy atom. The van der Waals surface area contributed by atoms with Crippen LogP contribution in [0.3, 0.4) is 0 Å². The fraction of sp³-hybridized carbons (Fsp3) is 0.625. The lowest BCUT2D eigenvalue weighted by atomic mass is 9.99. The highest BCUT2D eigenvalue weighted by Crippen LogP contribution is 2.29. The summed E-state index contributed by atoms with van der Waals surface area (Å²) < 4.78 is 5.35. The summed E-state index contributed by atoms with van der Waals surface area (Å²) in [6.07, 6.45) is 4.52. The molecule has 0 spiro atoms. The molecule has 0 aliphatic heterocycles. The molecule has 0 heterocycles. The van der Waals surface area contributed by atoms with Gasteiger partial charge in [-0.15, -0.1) is 0 Å². The van der Waals surface area contributed by atoms with E-state index in [1.54, 1.807) is 7.11 Å². The standard InChI is InChI=1S/C16H25NO2/c1-11-8-9-15(19-3)14(10-11)16(18)12(2)17-13-6-4-5-7-13/h8-10,12-13,16-18H,4-7H2,1-3H3. The predicted molar refractivity (Wildman–Crippen MR) is 77.5 cm³/mol. The largest absolute Gasteiger partial charge is 0.496 e. The van der Waals surface area contributed by atoms with Gasteiger partial charge in [0.05, 0.1) is 13.2 Å². The van der Waals surface area contributed by atoms with E-state index in [1.165, 1.54) is 25.7 Å². The van der Waals surface area contributed by atoms with Crippen molar-refractivity contribution >= 4 is 0 Å². The predicted octanol–water partition coefficient (Wildman–Crippen LogP) is 2.96. The minimum atomic E-state index is -0.532. The first kappa shape index (κ1) is 14.4. The summed E-state index contributed by atoms with van der Waals surface area (Å²) in [6.45, 7) is 4.08. The van der Waals surface area contributed by atoms with Crippen molar-refractivity contribution in [1.82, 2.24) is 5.32 Å². The Kier molecular flexibility index (Phi) is 4.83. The van der Waals surface area contributed by atoms with Gasteiger partial charge in [0.25, 0.3) is 0 Å². The molecular formula is C16H25NO2. The molecule has 1 aromatic carbocycles. The van der Waals surface area contributed by atoms with E-state index >= 15 is 0 Å². The number of aliphatic hydroxyl groups is 1. The van der Waals surface area contributed by atoms with Crippen LogP contribution in [0.1, 0.15) is 49.8 Å². The number of aliphatic hydroxyl groups excluding tert-OH is 1. The number of hydrogen-bond acceptors (Lipinski definition) is 3. The summed E-state index contributed by atoms with van der Waals surface area (Å²) in [5, 5.41) is 14.1. The van der Waals surface area contributed by atoms with E-state index in [9.17, 15) is 5.11 Å². The average Bonchev–Trinajstić information content (AvgIpc) is 2.90. The summed E-state index contributed by atoms with van der Waals surface area (Å²) in [5.74, 6) is 0.762. The quantitative estimate of drug-likeness (QED) is 0.858. The van der Waals surface area contributed by atoms with Gasteiger partial charge < -0.3 is 15.2 Å². The molecule has 1 fully saturated rings. The first-order valence-electron chi connectivity index (χ1n) is 7.20. The molecule has 2 atom stereocenters. The molecule has 0 bridgehead atoms. The fourth-order valence-corrected chi connectivity index (χ4v) is 2.91. The number of methoxy groups -OCH3 is 1. The maximum absolute atomic E-state index is 10.5. The van der Waals surface area contributed by atoms with Crippen molar-refractivity contribution in [2.24, 2.45) is 0 Å². The topological polar surface area (TPSA) is 41.5 Å². The van der Waals surface area contributed by atoms with Gasteiger partial charge in [-0.05, 0) is 38.8 Å². The molecule has 0 amide bonds. The van der Waals surface area contributed by atoms with Gasteiger partial charge in [-0.3, -0.25) is 0 Å². The maximum atomic E-state index is 10.5. The Morgan fingerprint density at radius 2 is 2.00 bits per heavy atom. The van der Waals surface area contributed by atoms with Crippen LogP contribution in [0.15, 0.2) is 18.2 Å². The van der Waals surface area contributed by atoms with Crippen LogP contribution in [0.5, 0.6) is 5.75 Å². The van der Waals surface area contributed by atoms with Crippen molar-refractivity contribution in [2.45, 2.75) is 57.7 Å². The van der Waals surface area contributed by atoms with Gasteiger partial charge in [-0.2, -0.15) is 0 Å². The van der Waals surface area contributed by atoms with Crippen LogP contribution in [0.25, 0.3) is 0 Å². The lowest BCUT2D eigenvalue weighted by molar-refractivity contribution is 0.126. The molecular weight excluding hydrogens is 238 g/mol. The Hall–Kier alpha value is -1.06. The third-order valence-corrected chi connectivity index (χ3v) is 4.03. The van der Waals surface area contributed by atoms with E-state index in [4.69, 9.17) is 4.74 Å². The van der Waals surface area contributed by atoms with Crippen molar-refractivity contribution in [2.75, 3.05) is 7.11 Å². The molecule has 1 aliphatic carbocycles. The molecule has 0 aromatic heterocycles. The minimum Gasteiger partial charge on any atom is -0.496 e. The second-order valence-electron chi connectivity index (χ2n) is 5.63. The fourth-order valence-electron chi connectivity index (χ4n) is 2.91. The van der Waals surface area contributed by atoms with Crippen molar-refractivity contribution in [3.05, 3.63) is 29.3 Å². The normalized spacial score (nSPS) is 19.4. The van der Waals surface area contributed by atoms with Crippen LogP contribution in [0, 0.1) is 6.92 Å². The summed E-state index contributed by atoms with van der Waals surface area (Å²) in [7, 11) is 1.65. The number of rotatable bonds is 5. The minimum absolute atomic E-state index is 0.0406. The highest BCUT2D eigenvalue weighted by Gasteiger charge is 2.24. The molecule has 2 N–H and O–H groups in total. The van der Waals surface area contributed by atoms with Gasteiger partial charge in [0.1, 0.15) is 5.75 Å². The summed E-state index contributed by atoms with van der Waals surface area (Å²) in [5.41, 5.74) is 2.02. The van der Waals surface area contributed by atoms with Gasteiger partial charge in [-0.25, -0.2) is 0 Å². The third kappa shape index (κ3) is 3.48. The van der Waals surface area contributed by atoms with Gasteiger partial charge >= 0.3 is 0 Å². The van der Waals surface area contributed by atoms with Crippen LogP contribution in [-0.4, -0.2) is 24.3 Å². The smallest absolute Gasteiger partial charge is 0.124 e. The Bertz CT molecular complexity index is 413. The highest BCUT2D eigenvalue weighted by molar-refractivity contribution is 5.39. The molecule has 0 radical (unpaired) electrons. The Morgan fingerprint density at radius 1 is 1.32 bits per heavy atom. The average molecular weight is 263 g/mol. The van der Waals surface area contributed by atoms with E-state index in [-0.39, 0.29) is 6.04 Å². The van der Waals surface area contributed by atoms with Gasteiger partial charge in [0.2, 0.25) is 0 Å². The number of aryl methyl sites for hydroxylation is 1. The van der Waals surface area contributed by atoms with E-state index < -0.39 is 6.10 Å². The number of hydrogen-bond donors (Lipinski definition) is 2. The molecule has 1 saturated carbocycles. The third-order valence-electron chi connectivity index (χ3n) is 4.03. The lowest BCUT2D eigenvalue weighted by Gasteiger charge is -2.25. The van der Waals surface area contributed by atoms with Crippen LogP contribution in [0.4, 0.5) is 0 Å². The van der Waals surface area contributed by atoms with Gasteiger partial charge in [-0.1, -0.05) is 24.5 Å². The van der Waals surface area contributed by atoms with Crippen LogP contribution < -0.4 is 10.1 Å². The molecule has 3 heteroatoms. The van der Waals surface area contributed by atoms with E-state index in [2.05, 4.69) is 5.32 Å². The van der Waals surface area contributed by atoms with Crippen molar-refractivity contribution in [3.63, 3.8) is 0 Å². The summed E-state index contributed by atoms with van der Waals surface area (Å²) in [4.78, 5) is 0. The molecule has 3 nitrogen and oxygen atoms in total. The zero-order valence-corrected chi connectivity index (χ0v) is 12.1.